The number of nitrogen functional groups attached to an aromatic ring is 1. The molecule has 0 spiro atoms. The molecule has 2 aromatic rings. The highest BCUT2D eigenvalue weighted by molar-refractivity contribution is 7.98. The number of aliphatic hydroxyl groups excluding tert-OH is 2. The highest BCUT2D eigenvalue weighted by Gasteiger charge is 2.58. The lowest BCUT2D eigenvalue weighted by Crippen LogP contribution is -2.48. The van der Waals surface area contributed by atoms with Crippen molar-refractivity contribution in [3.05, 3.63) is 55.8 Å². The molecule has 2 fully saturated rings. The van der Waals surface area contributed by atoms with Crippen molar-refractivity contribution in [3.8, 4) is 0 Å². The molecule has 0 radical (unpaired) electrons. The third-order valence-electron chi connectivity index (χ3n) is 7.74. The van der Waals surface area contributed by atoms with Gasteiger partial charge in [0.2, 0.25) is 0 Å². The number of alkyl halides is 2. The van der Waals surface area contributed by atoms with Gasteiger partial charge in [-0.2, -0.15) is 45.8 Å². The van der Waals surface area contributed by atoms with Crippen LogP contribution >= 0.6 is 93.7 Å². The zero-order chi connectivity index (χ0) is 49.1. The predicted octanol–water partition coefficient (Wildman–Crippen LogP) is -0.754. The number of rotatable bonds is 20. The second kappa shape index (κ2) is 21.9. The number of ether oxygens (including phenoxy) is 2. The summed E-state index contributed by atoms with van der Waals surface area (Å²) in [5.41, 5.74) is -0.760. The molecule has 2 aliphatic heterocycles. The van der Waals surface area contributed by atoms with Crippen LogP contribution in [0.25, 0.3) is 0 Å². The van der Waals surface area contributed by atoms with Crippen molar-refractivity contribution in [2.75, 3.05) is 43.0 Å². The predicted molar refractivity (Wildman–Crippen MR) is 218 cm³/mol. The summed E-state index contributed by atoms with van der Waals surface area (Å²) in [6.45, 7) is -1.95. The molecule has 4 heterocycles. The summed E-state index contributed by atoms with van der Waals surface area (Å²) in [5, 5.41) is 18.7. The van der Waals surface area contributed by atoms with E-state index in [2.05, 4.69) is 31.3 Å². The number of halogens is 2. The van der Waals surface area contributed by atoms with Crippen LogP contribution in [0.4, 0.5) is 5.82 Å². The maximum atomic E-state index is 12.1. The number of aromatic nitrogens is 4. The van der Waals surface area contributed by atoms with Gasteiger partial charge in [0.15, 0.2) is 12.5 Å². The Balaban J connectivity index is 0.000000340. The molecule has 13 N–H and O–H groups in total. The standard InChI is InChI=1S/C11H19ClN3O13P3S.C11H18ClN2O14P3S/c1-32-5-11(4-25-30(21,22)28-31(23,24)27-29(18,19)20)8(16)7(12)9(26-11)15-3-2-6(13)14-10(15)17;1-32-5-11(4-25-30(21,22)28-31(23,24)27-29(18,19)20)8(16)7(12)9(26-11)14-3-2-6(15)13-10(14)17/h2-3,7-9,16H,4-5H2,1H3,(H,21,22)(H,23,24)(H2,13,14,17)(H2,18,19,20);2-3,7-9,16H,4-5H2,1H3,(H,21,22)(H,23,24)(H,13,15,17)(H2,18,19,20)/t2*7-,8+,9-,11+/m11/s1. The first-order chi connectivity index (χ1) is 29.0. The van der Waals surface area contributed by atoms with Crippen LogP contribution in [0.1, 0.15) is 12.5 Å². The monoisotopic (exact) mass is 1120 g/mol. The van der Waals surface area contributed by atoms with Crippen molar-refractivity contribution < 1.29 is 113 Å². The summed E-state index contributed by atoms with van der Waals surface area (Å²) in [5.74, 6) is -0.332. The Morgan fingerprint density at radius 1 is 0.703 bits per heavy atom. The lowest BCUT2D eigenvalue weighted by Gasteiger charge is -2.31. The highest BCUT2D eigenvalue weighted by Crippen LogP contribution is 2.68. The Hall–Kier alpha value is -0.700. The topological polar surface area (TPSA) is 494 Å². The van der Waals surface area contributed by atoms with Gasteiger partial charge in [0.25, 0.3) is 5.56 Å². The third kappa shape index (κ3) is 16.2. The van der Waals surface area contributed by atoms with Gasteiger partial charge in [-0.25, -0.2) is 37.0 Å². The van der Waals surface area contributed by atoms with Gasteiger partial charge in [0, 0.05) is 30.0 Å². The second-order valence-corrected chi connectivity index (χ2v) is 24.2. The molecule has 0 amide bonds. The van der Waals surface area contributed by atoms with Crippen LogP contribution in [-0.2, 0) is 63.2 Å². The summed E-state index contributed by atoms with van der Waals surface area (Å²) >= 11 is 14.5. The summed E-state index contributed by atoms with van der Waals surface area (Å²) in [6, 6.07) is 2.25. The van der Waals surface area contributed by atoms with Crippen molar-refractivity contribution in [3.63, 3.8) is 0 Å². The Bertz CT molecular complexity index is 2460. The fourth-order valence-electron chi connectivity index (χ4n) is 5.35. The quantitative estimate of drug-likeness (QED) is 0.0573. The van der Waals surface area contributed by atoms with Crippen LogP contribution in [0.5, 0.6) is 0 Å². The van der Waals surface area contributed by atoms with Crippen molar-refractivity contribution >= 4 is 99.5 Å². The van der Waals surface area contributed by atoms with Crippen LogP contribution < -0.4 is 22.7 Å². The maximum Gasteiger partial charge on any atom is 0.490 e. The summed E-state index contributed by atoms with van der Waals surface area (Å²) in [4.78, 5) is 113. The molecular formula is C22H37Cl2N5O27P6S2. The van der Waals surface area contributed by atoms with Gasteiger partial charge in [-0.15, -0.1) is 23.2 Å². The molecule has 0 aliphatic carbocycles. The first-order valence-electron chi connectivity index (χ1n) is 16.2. The van der Waals surface area contributed by atoms with Gasteiger partial charge < -0.3 is 64.6 Å². The number of phosphoric ester groups is 2. The average molecular weight is 1120 g/mol. The van der Waals surface area contributed by atoms with E-state index in [0.717, 1.165) is 44.9 Å². The Morgan fingerprint density at radius 2 is 1.09 bits per heavy atom. The minimum absolute atomic E-state index is 0.0843. The zero-order valence-electron chi connectivity index (χ0n) is 31.7. The van der Waals surface area contributed by atoms with E-state index in [1.54, 1.807) is 12.5 Å². The Morgan fingerprint density at radius 3 is 1.45 bits per heavy atom. The lowest BCUT2D eigenvalue weighted by molar-refractivity contribution is -0.111. The van der Waals surface area contributed by atoms with Crippen molar-refractivity contribution in [2.45, 2.75) is 46.6 Å². The van der Waals surface area contributed by atoms with Crippen molar-refractivity contribution in [1.29, 1.82) is 0 Å². The Labute approximate surface area is 375 Å². The van der Waals surface area contributed by atoms with E-state index >= 15 is 0 Å². The number of nitrogens with one attached hydrogen (secondary N) is 1. The minimum Gasteiger partial charge on any atom is -0.388 e. The first kappa shape index (κ1) is 57.6. The minimum atomic E-state index is -5.75. The third-order valence-corrected chi connectivity index (χ3v) is 17.8. The number of nitrogens with two attached hydrogens (primary N) is 1. The van der Waals surface area contributed by atoms with E-state index in [1.807, 2.05) is 4.98 Å². The molecule has 0 aromatic carbocycles. The number of phosphoric acid groups is 6. The van der Waals surface area contributed by atoms with Crippen LogP contribution in [0.3, 0.4) is 0 Å². The number of hydrogen-bond donors (Lipinski definition) is 12. The van der Waals surface area contributed by atoms with E-state index in [9.17, 15) is 71.6 Å². The highest BCUT2D eigenvalue weighted by atomic mass is 35.5. The number of aliphatic hydroxyl groups is 2. The molecule has 0 saturated carbocycles. The van der Waals surface area contributed by atoms with E-state index in [1.165, 1.54) is 12.3 Å². The molecule has 4 unspecified atom stereocenters. The molecule has 368 valence electrons. The number of hydrogen-bond acceptors (Lipinski definition) is 23. The smallest absolute Gasteiger partial charge is 0.388 e. The van der Waals surface area contributed by atoms with Crippen molar-refractivity contribution in [2.24, 2.45) is 0 Å². The molecular weight excluding hydrogens is 1090 g/mol. The normalized spacial score (nSPS) is 30.0. The maximum absolute atomic E-state index is 12.1. The van der Waals surface area contributed by atoms with E-state index in [4.69, 9.17) is 58.0 Å². The van der Waals surface area contributed by atoms with Gasteiger partial charge in [-0.3, -0.25) is 28.0 Å². The molecule has 32 nitrogen and oxygen atoms in total. The number of anilines is 1. The number of nitrogens with zero attached hydrogens (tertiary/aromatic N) is 3. The van der Waals surface area contributed by atoms with E-state index in [-0.39, 0.29) is 17.3 Å². The summed E-state index contributed by atoms with van der Waals surface area (Å²) in [6.07, 6.45) is -0.523. The fourth-order valence-corrected chi connectivity index (χ4v) is 13.9. The van der Waals surface area contributed by atoms with Crippen LogP contribution in [0.15, 0.2) is 38.9 Å². The van der Waals surface area contributed by atoms with Crippen LogP contribution in [0.2, 0.25) is 0 Å². The number of thioether (sulfide) groups is 2. The zero-order valence-corrected chi connectivity index (χ0v) is 40.2. The largest absolute Gasteiger partial charge is 0.490 e. The lowest BCUT2D eigenvalue weighted by atomic mass is 10.00. The van der Waals surface area contributed by atoms with Gasteiger partial charge in [0.05, 0.1) is 13.2 Å². The SMILES string of the molecule is CSC[C@]1(COP(=O)(O)OP(=O)(O)OP(=O)(O)O)O[C@@H](n2ccc(=O)[nH]c2=O)[C@H](Cl)[C@@H]1O.CSC[C@]1(COP(=O)(O)OP(=O)(O)OP(=O)(O)O)O[C@@H](n2ccc(N)nc2=O)[C@H](Cl)[C@@H]1O. The van der Waals surface area contributed by atoms with Gasteiger partial charge in [0.1, 0.15) is 40.0 Å². The molecule has 4 rings (SSSR count). The first-order valence-corrected chi connectivity index (χ1v) is 28.9. The second-order valence-electron chi connectivity index (χ2n) is 12.6. The summed E-state index contributed by atoms with van der Waals surface area (Å²) in [7, 11) is -33.6. The molecule has 12 atom stereocenters. The van der Waals surface area contributed by atoms with Gasteiger partial charge in [-0.05, 0) is 18.6 Å². The number of H-pyrrole nitrogens is 1. The van der Waals surface area contributed by atoms with Gasteiger partial charge >= 0.3 is 58.3 Å². The Kier molecular flexibility index (Phi) is 19.8. The van der Waals surface area contributed by atoms with Crippen molar-refractivity contribution in [1.82, 2.24) is 19.1 Å². The summed E-state index contributed by atoms with van der Waals surface area (Å²) < 4.78 is 105. The molecule has 2 aliphatic rings. The molecule has 64 heavy (non-hydrogen) atoms. The average Bonchev–Trinajstić information content (AvgIpc) is 3.48. The van der Waals surface area contributed by atoms with Crippen LogP contribution in [-0.4, -0.2) is 140 Å². The van der Waals surface area contributed by atoms with E-state index < -0.39 is 124 Å². The molecule has 0 bridgehead atoms. The molecule has 2 saturated heterocycles. The number of aromatic amines is 1. The van der Waals surface area contributed by atoms with Gasteiger partial charge in [-0.1, -0.05) is 0 Å². The molecule has 42 heteroatoms. The fraction of sp³-hybridized carbons (Fsp3) is 0.636. The van der Waals surface area contributed by atoms with Crippen LogP contribution in [0, 0.1) is 0 Å². The van der Waals surface area contributed by atoms with E-state index in [0.29, 0.717) is 0 Å². The molecule has 2 aromatic heterocycles.